The van der Waals surface area contributed by atoms with Gasteiger partial charge in [-0.15, -0.1) is 0 Å². The fourth-order valence-electron chi connectivity index (χ4n) is 2.09. The molecule has 0 amide bonds. The molecule has 0 aliphatic carbocycles. The molecule has 0 aromatic heterocycles. The van der Waals surface area contributed by atoms with E-state index < -0.39 is 35.6 Å². The second-order valence-corrected chi connectivity index (χ2v) is 6.04. The van der Waals surface area contributed by atoms with Crippen LogP contribution in [0.15, 0.2) is 36.4 Å². The lowest BCUT2D eigenvalue weighted by Crippen LogP contribution is -2.14. The highest BCUT2D eigenvalue weighted by molar-refractivity contribution is 9.08. The van der Waals surface area contributed by atoms with E-state index in [1.807, 2.05) is 0 Å². The average Bonchev–Trinajstić information content (AvgIpc) is 2.51. The smallest absolute Gasteiger partial charge is 0.416 e. The summed E-state index contributed by atoms with van der Waals surface area (Å²) in [5, 5.41) is 0.773. The maximum Gasteiger partial charge on any atom is 0.416 e. The number of rotatable bonds is 4. The monoisotopic (exact) mass is 446 g/mol. The number of hydrogen-bond donors (Lipinski definition) is 0. The van der Waals surface area contributed by atoms with Crippen molar-refractivity contribution in [3.05, 3.63) is 63.7 Å². The van der Waals surface area contributed by atoms with Crippen LogP contribution in [-0.2, 0) is 24.3 Å². The fourth-order valence-corrected chi connectivity index (χ4v) is 2.72. The summed E-state index contributed by atoms with van der Waals surface area (Å²) < 4.78 is 82.6. The van der Waals surface area contributed by atoms with Gasteiger partial charge in [0.2, 0.25) is 0 Å². The Morgan fingerprint density at radius 2 is 1.56 bits per heavy atom. The molecular weight excluding hydrogens is 438 g/mol. The van der Waals surface area contributed by atoms with Crippen LogP contribution in [0.1, 0.15) is 22.3 Å². The quantitative estimate of drug-likeness (QED) is 0.368. The largest absolute Gasteiger partial charge is 0.489 e. The van der Waals surface area contributed by atoms with Crippen molar-refractivity contribution in [3.8, 4) is 5.75 Å². The van der Waals surface area contributed by atoms with Gasteiger partial charge in [-0.05, 0) is 30.3 Å². The molecule has 0 saturated heterocycles. The van der Waals surface area contributed by atoms with E-state index in [0.717, 1.165) is 6.07 Å². The molecule has 0 atom stereocenters. The summed E-state index contributed by atoms with van der Waals surface area (Å²) in [6.45, 7) is -0.533. The summed E-state index contributed by atoms with van der Waals surface area (Å²) in [6, 6.07) is 6.02. The van der Waals surface area contributed by atoms with Crippen LogP contribution in [0.4, 0.5) is 26.3 Å². The first-order valence-electron chi connectivity index (χ1n) is 6.77. The van der Waals surface area contributed by atoms with Crippen LogP contribution in [0.5, 0.6) is 5.75 Å². The van der Waals surface area contributed by atoms with Gasteiger partial charge in [-0.25, -0.2) is 0 Å². The zero-order chi connectivity index (χ0) is 18.8. The van der Waals surface area contributed by atoms with Gasteiger partial charge in [0, 0.05) is 21.5 Å². The molecule has 9 heteroatoms. The van der Waals surface area contributed by atoms with E-state index in [1.54, 1.807) is 6.07 Å². The standard InChI is InChI=1S/C16H10BrClF6O/c17-7-10-5-12(18)3-4-14(10)25-8-9-1-2-11(15(19,20)21)6-13(9)16(22,23)24/h1-6H,7-8H2. The highest BCUT2D eigenvalue weighted by atomic mass is 79.9. The SMILES string of the molecule is FC(F)(F)c1ccc(COc2ccc(Cl)cc2CBr)c(C(F)(F)F)c1. The molecule has 25 heavy (non-hydrogen) atoms. The van der Waals surface area contributed by atoms with Crippen LogP contribution in [0.25, 0.3) is 0 Å². The number of halogens is 8. The van der Waals surface area contributed by atoms with Gasteiger partial charge in [0.05, 0.1) is 11.1 Å². The Labute approximate surface area is 152 Å². The number of alkyl halides is 7. The van der Waals surface area contributed by atoms with Gasteiger partial charge in [-0.2, -0.15) is 26.3 Å². The Morgan fingerprint density at radius 1 is 0.880 bits per heavy atom. The molecule has 0 radical (unpaired) electrons. The topological polar surface area (TPSA) is 9.23 Å². The molecule has 0 spiro atoms. The highest BCUT2D eigenvalue weighted by Crippen LogP contribution is 2.38. The van der Waals surface area contributed by atoms with Gasteiger partial charge in [-0.1, -0.05) is 33.6 Å². The molecule has 0 heterocycles. The Hall–Kier alpha value is -1.41. The Bertz CT molecular complexity index is 757. The van der Waals surface area contributed by atoms with Crippen LogP contribution in [-0.4, -0.2) is 0 Å². The van der Waals surface area contributed by atoms with Crippen molar-refractivity contribution in [2.45, 2.75) is 24.3 Å². The van der Waals surface area contributed by atoms with Crippen molar-refractivity contribution in [2.75, 3.05) is 0 Å². The summed E-state index contributed by atoms with van der Waals surface area (Å²) in [5.41, 5.74) is -2.53. The zero-order valence-electron chi connectivity index (χ0n) is 12.3. The zero-order valence-corrected chi connectivity index (χ0v) is 14.7. The fraction of sp³-hybridized carbons (Fsp3) is 0.250. The molecule has 2 rings (SSSR count). The first-order chi connectivity index (χ1) is 11.5. The number of ether oxygens (including phenoxy) is 1. The van der Waals surface area contributed by atoms with Crippen molar-refractivity contribution >= 4 is 27.5 Å². The van der Waals surface area contributed by atoms with Crippen LogP contribution in [0.3, 0.4) is 0 Å². The molecule has 0 N–H and O–H groups in total. The lowest BCUT2D eigenvalue weighted by molar-refractivity contribution is -0.143. The van der Waals surface area contributed by atoms with Crippen molar-refractivity contribution in [1.29, 1.82) is 0 Å². The number of hydrogen-bond acceptors (Lipinski definition) is 1. The molecular formula is C16H10BrClF6O. The van der Waals surface area contributed by atoms with Crippen LogP contribution in [0, 0.1) is 0 Å². The third-order valence-electron chi connectivity index (χ3n) is 3.29. The van der Waals surface area contributed by atoms with E-state index in [-0.39, 0.29) is 11.8 Å². The van der Waals surface area contributed by atoms with Gasteiger partial charge in [0.1, 0.15) is 12.4 Å². The minimum absolute atomic E-state index is 0.0892. The van der Waals surface area contributed by atoms with E-state index in [2.05, 4.69) is 15.9 Å². The molecule has 2 aromatic rings. The van der Waals surface area contributed by atoms with Gasteiger partial charge in [-0.3, -0.25) is 0 Å². The average molecular weight is 448 g/mol. The molecule has 136 valence electrons. The summed E-state index contributed by atoms with van der Waals surface area (Å²) in [4.78, 5) is 0. The molecule has 0 bridgehead atoms. The predicted octanol–water partition coefficient (Wildman–Crippen LogP) is 6.85. The minimum atomic E-state index is -4.93. The van der Waals surface area contributed by atoms with Gasteiger partial charge in [0.15, 0.2) is 0 Å². The molecule has 0 unspecified atom stereocenters. The molecule has 2 aromatic carbocycles. The lowest BCUT2D eigenvalue weighted by Gasteiger charge is -2.17. The van der Waals surface area contributed by atoms with Crippen molar-refractivity contribution in [1.82, 2.24) is 0 Å². The second kappa shape index (κ2) is 7.45. The van der Waals surface area contributed by atoms with Crippen molar-refractivity contribution in [2.24, 2.45) is 0 Å². The van der Waals surface area contributed by atoms with Gasteiger partial charge in [0.25, 0.3) is 0 Å². The molecule has 1 nitrogen and oxygen atoms in total. The van der Waals surface area contributed by atoms with E-state index in [0.29, 0.717) is 22.0 Å². The maximum absolute atomic E-state index is 13.1. The second-order valence-electron chi connectivity index (χ2n) is 5.04. The van der Waals surface area contributed by atoms with Gasteiger partial charge < -0.3 is 4.74 Å². The maximum atomic E-state index is 13.1. The summed E-state index contributed by atoms with van der Waals surface area (Å²) in [6.07, 6.45) is -9.79. The predicted molar refractivity (Wildman–Crippen MR) is 84.9 cm³/mol. The summed E-state index contributed by atoms with van der Waals surface area (Å²) in [5.74, 6) is 0.286. The highest BCUT2D eigenvalue weighted by Gasteiger charge is 2.38. The summed E-state index contributed by atoms with van der Waals surface area (Å²) >= 11 is 9.03. The lowest BCUT2D eigenvalue weighted by atomic mass is 10.0. The van der Waals surface area contributed by atoms with Crippen molar-refractivity contribution < 1.29 is 31.1 Å². The number of benzene rings is 2. The van der Waals surface area contributed by atoms with E-state index in [9.17, 15) is 26.3 Å². The van der Waals surface area contributed by atoms with Gasteiger partial charge >= 0.3 is 12.4 Å². The normalized spacial score (nSPS) is 12.3. The first kappa shape index (κ1) is 19.9. The van der Waals surface area contributed by atoms with Crippen LogP contribution < -0.4 is 4.74 Å². The van der Waals surface area contributed by atoms with Crippen LogP contribution in [0.2, 0.25) is 5.02 Å². The van der Waals surface area contributed by atoms with E-state index >= 15 is 0 Å². The Kier molecular flexibility index (Phi) is 5.93. The molecule has 0 aliphatic rings. The molecule has 0 aliphatic heterocycles. The Balaban J connectivity index is 2.33. The Morgan fingerprint density at radius 3 is 2.12 bits per heavy atom. The molecule has 0 fully saturated rings. The summed E-state index contributed by atoms with van der Waals surface area (Å²) in [7, 11) is 0. The minimum Gasteiger partial charge on any atom is -0.489 e. The van der Waals surface area contributed by atoms with Crippen molar-refractivity contribution in [3.63, 3.8) is 0 Å². The van der Waals surface area contributed by atoms with E-state index in [1.165, 1.54) is 12.1 Å². The van der Waals surface area contributed by atoms with Crippen LogP contribution >= 0.6 is 27.5 Å². The molecule has 0 saturated carbocycles. The third kappa shape index (κ3) is 5.04. The third-order valence-corrected chi connectivity index (χ3v) is 4.13. The van der Waals surface area contributed by atoms with E-state index in [4.69, 9.17) is 16.3 Å². The first-order valence-corrected chi connectivity index (χ1v) is 8.27.